The summed E-state index contributed by atoms with van der Waals surface area (Å²) >= 11 is 8.64. The number of rotatable bonds is 6. The van der Waals surface area contributed by atoms with Crippen molar-refractivity contribution in [2.45, 2.75) is 26.7 Å². The van der Waals surface area contributed by atoms with E-state index in [0.717, 1.165) is 34.3 Å². The standard InChI is InChI=1S/C19H21BrN2O2S/c1-3-4-11-24-17-10-7-14(12-16(17)20)18(23)22-19(25)21-15-8-5-13(2)6-9-15/h5-10,12H,3-4,11H2,1-2H3,(H2,21,22,23,25). The molecule has 0 aliphatic rings. The lowest BCUT2D eigenvalue weighted by Gasteiger charge is -2.11. The second kappa shape index (κ2) is 9.53. The van der Waals surface area contributed by atoms with Crippen LogP contribution in [0.2, 0.25) is 0 Å². The molecule has 2 N–H and O–H groups in total. The Kier molecular flexibility index (Phi) is 7.40. The minimum Gasteiger partial charge on any atom is -0.492 e. The molecule has 4 nitrogen and oxygen atoms in total. The molecule has 0 heterocycles. The third-order valence-corrected chi connectivity index (χ3v) is 4.31. The predicted octanol–water partition coefficient (Wildman–Crippen LogP) is 5.06. The summed E-state index contributed by atoms with van der Waals surface area (Å²) in [4.78, 5) is 12.3. The zero-order valence-electron chi connectivity index (χ0n) is 14.3. The first kappa shape index (κ1) is 19.4. The van der Waals surface area contributed by atoms with Crippen LogP contribution >= 0.6 is 28.1 Å². The van der Waals surface area contributed by atoms with Gasteiger partial charge < -0.3 is 10.1 Å². The van der Waals surface area contributed by atoms with Gasteiger partial charge >= 0.3 is 0 Å². The minimum absolute atomic E-state index is 0.258. The maximum Gasteiger partial charge on any atom is 0.257 e. The second-order valence-electron chi connectivity index (χ2n) is 5.62. The molecule has 6 heteroatoms. The zero-order valence-corrected chi connectivity index (χ0v) is 16.7. The second-order valence-corrected chi connectivity index (χ2v) is 6.88. The van der Waals surface area contributed by atoms with Crippen molar-refractivity contribution in [3.05, 3.63) is 58.1 Å². The van der Waals surface area contributed by atoms with Crippen molar-refractivity contribution in [1.82, 2.24) is 5.32 Å². The molecule has 2 rings (SSSR count). The summed E-state index contributed by atoms with van der Waals surface area (Å²) in [7, 11) is 0. The number of halogens is 1. The van der Waals surface area contributed by atoms with Crippen LogP contribution in [0.25, 0.3) is 0 Å². The molecule has 0 unspecified atom stereocenters. The van der Waals surface area contributed by atoms with Gasteiger partial charge in [-0.05, 0) is 71.8 Å². The van der Waals surface area contributed by atoms with E-state index >= 15 is 0 Å². The van der Waals surface area contributed by atoms with Gasteiger partial charge in [0.1, 0.15) is 5.75 Å². The average molecular weight is 421 g/mol. The van der Waals surface area contributed by atoms with E-state index in [1.807, 2.05) is 31.2 Å². The number of ether oxygens (including phenoxy) is 1. The smallest absolute Gasteiger partial charge is 0.257 e. The molecule has 0 radical (unpaired) electrons. The number of hydrogen-bond donors (Lipinski definition) is 2. The highest BCUT2D eigenvalue weighted by Gasteiger charge is 2.11. The molecular weight excluding hydrogens is 400 g/mol. The quantitative estimate of drug-likeness (QED) is 0.506. The molecule has 0 saturated carbocycles. The molecule has 1 amide bonds. The third kappa shape index (κ3) is 6.14. The summed E-state index contributed by atoms with van der Waals surface area (Å²) in [5, 5.41) is 5.93. The fourth-order valence-corrected chi connectivity index (χ4v) is 2.76. The van der Waals surface area contributed by atoms with E-state index in [4.69, 9.17) is 17.0 Å². The number of aryl methyl sites for hydroxylation is 1. The van der Waals surface area contributed by atoms with Gasteiger partial charge in [-0.15, -0.1) is 0 Å². The predicted molar refractivity (Wildman–Crippen MR) is 109 cm³/mol. The summed E-state index contributed by atoms with van der Waals surface area (Å²) in [5.74, 6) is 0.454. The zero-order chi connectivity index (χ0) is 18.2. The summed E-state index contributed by atoms with van der Waals surface area (Å²) in [5.41, 5.74) is 2.49. The van der Waals surface area contributed by atoms with Gasteiger partial charge in [0.2, 0.25) is 0 Å². The molecule has 25 heavy (non-hydrogen) atoms. The number of hydrogen-bond acceptors (Lipinski definition) is 3. The molecule has 0 saturated heterocycles. The van der Waals surface area contributed by atoms with Crippen LogP contribution in [0.15, 0.2) is 46.9 Å². The summed E-state index contributed by atoms with van der Waals surface area (Å²) in [6.07, 6.45) is 2.07. The Hall–Kier alpha value is -1.92. The van der Waals surface area contributed by atoms with Crippen molar-refractivity contribution in [3.63, 3.8) is 0 Å². The molecule has 132 valence electrons. The number of benzene rings is 2. The molecule has 0 aliphatic heterocycles. The first-order valence-electron chi connectivity index (χ1n) is 8.11. The first-order valence-corrected chi connectivity index (χ1v) is 9.31. The van der Waals surface area contributed by atoms with Crippen molar-refractivity contribution in [2.75, 3.05) is 11.9 Å². The lowest BCUT2D eigenvalue weighted by Crippen LogP contribution is -2.34. The Bertz CT molecular complexity index is 748. The molecule has 0 spiro atoms. The molecule has 0 fully saturated rings. The van der Waals surface area contributed by atoms with Gasteiger partial charge in [0.05, 0.1) is 11.1 Å². The van der Waals surface area contributed by atoms with Crippen LogP contribution in [0.4, 0.5) is 5.69 Å². The maximum absolute atomic E-state index is 12.3. The number of carbonyl (C=O) groups is 1. The van der Waals surface area contributed by atoms with E-state index in [9.17, 15) is 4.79 Å². The Labute approximate surface area is 162 Å². The Morgan fingerprint density at radius 1 is 1.20 bits per heavy atom. The molecule has 0 aromatic heterocycles. The highest BCUT2D eigenvalue weighted by Crippen LogP contribution is 2.26. The summed E-state index contributed by atoms with van der Waals surface area (Å²) < 4.78 is 6.41. The Morgan fingerprint density at radius 2 is 1.92 bits per heavy atom. The number of thiocarbonyl (C=S) groups is 1. The van der Waals surface area contributed by atoms with Gasteiger partial charge in [-0.1, -0.05) is 31.0 Å². The Morgan fingerprint density at radius 3 is 2.56 bits per heavy atom. The Balaban J connectivity index is 1.94. The topological polar surface area (TPSA) is 50.4 Å². The van der Waals surface area contributed by atoms with E-state index in [1.54, 1.807) is 18.2 Å². The van der Waals surface area contributed by atoms with Crippen molar-refractivity contribution >= 4 is 44.9 Å². The van der Waals surface area contributed by atoms with E-state index in [-0.39, 0.29) is 11.0 Å². The van der Waals surface area contributed by atoms with Crippen molar-refractivity contribution in [1.29, 1.82) is 0 Å². The van der Waals surface area contributed by atoms with Gasteiger partial charge in [-0.2, -0.15) is 0 Å². The van der Waals surface area contributed by atoms with Gasteiger partial charge in [0.15, 0.2) is 5.11 Å². The monoisotopic (exact) mass is 420 g/mol. The summed E-state index contributed by atoms with van der Waals surface area (Å²) in [6.45, 7) is 4.78. The largest absolute Gasteiger partial charge is 0.492 e. The number of unbranched alkanes of at least 4 members (excludes halogenated alkanes) is 1. The van der Waals surface area contributed by atoms with E-state index < -0.39 is 0 Å². The van der Waals surface area contributed by atoms with E-state index in [1.165, 1.54) is 0 Å². The number of nitrogens with one attached hydrogen (secondary N) is 2. The molecule has 2 aromatic carbocycles. The molecule has 0 aliphatic carbocycles. The number of anilines is 1. The van der Waals surface area contributed by atoms with Crippen LogP contribution in [0.3, 0.4) is 0 Å². The lowest BCUT2D eigenvalue weighted by molar-refractivity contribution is 0.0977. The number of amides is 1. The highest BCUT2D eigenvalue weighted by molar-refractivity contribution is 9.10. The van der Waals surface area contributed by atoms with Crippen LogP contribution in [0.5, 0.6) is 5.75 Å². The fourth-order valence-electron chi connectivity index (χ4n) is 2.06. The maximum atomic E-state index is 12.3. The van der Waals surface area contributed by atoms with Gasteiger partial charge in [0, 0.05) is 11.3 Å². The van der Waals surface area contributed by atoms with E-state index in [2.05, 4.69) is 33.5 Å². The van der Waals surface area contributed by atoms with Crippen molar-refractivity contribution < 1.29 is 9.53 Å². The highest BCUT2D eigenvalue weighted by atomic mass is 79.9. The van der Waals surface area contributed by atoms with Crippen LogP contribution in [-0.2, 0) is 0 Å². The summed E-state index contributed by atoms with van der Waals surface area (Å²) in [6, 6.07) is 13.0. The number of carbonyl (C=O) groups excluding carboxylic acids is 1. The third-order valence-electron chi connectivity index (χ3n) is 3.49. The van der Waals surface area contributed by atoms with Crippen molar-refractivity contribution in [2.24, 2.45) is 0 Å². The van der Waals surface area contributed by atoms with Crippen LogP contribution in [0.1, 0.15) is 35.7 Å². The molecule has 0 atom stereocenters. The average Bonchev–Trinajstić information content (AvgIpc) is 2.58. The van der Waals surface area contributed by atoms with Gasteiger partial charge in [0.25, 0.3) is 5.91 Å². The fraction of sp³-hybridized carbons (Fsp3) is 0.263. The van der Waals surface area contributed by atoms with Gasteiger partial charge in [-0.3, -0.25) is 10.1 Å². The lowest BCUT2D eigenvalue weighted by atomic mass is 10.2. The van der Waals surface area contributed by atoms with Gasteiger partial charge in [-0.25, -0.2) is 0 Å². The van der Waals surface area contributed by atoms with Crippen LogP contribution < -0.4 is 15.4 Å². The normalized spacial score (nSPS) is 10.2. The van der Waals surface area contributed by atoms with Crippen LogP contribution in [0, 0.1) is 6.92 Å². The molecule has 2 aromatic rings. The molecular formula is C19H21BrN2O2S. The van der Waals surface area contributed by atoms with E-state index in [0.29, 0.717) is 12.2 Å². The SMILES string of the molecule is CCCCOc1ccc(C(=O)NC(=S)Nc2ccc(C)cc2)cc1Br. The van der Waals surface area contributed by atoms with Crippen molar-refractivity contribution in [3.8, 4) is 5.75 Å². The van der Waals surface area contributed by atoms with Crippen LogP contribution in [-0.4, -0.2) is 17.6 Å². The first-order chi connectivity index (χ1) is 12.0. The molecule has 0 bridgehead atoms. The minimum atomic E-state index is -0.273.